The molecule has 0 aliphatic heterocycles. The number of aliphatic hydroxyl groups is 1. The molecule has 4 nitrogen and oxygen atoms in total. The Kier molecular flexibility index (Phi) is 4.92. The van der Waals surface area contributed by atoms with Gasteiger partial charge in [-0.15, -0.1) is 6.58 Å². The molecule has 0 fully saturated rings. The summed E-state index contributed by atoms with van der Waals surface area (Å²) in [6.07, 6.45) is 1.63. The normalized spacial score (nSPS) is 15.3. The van der Waals surface area contributed by atoms with Gasteiger partial charge in [0.25, 0.3) is 0 Å². The molecule has 2 atom stereocenters. The van der Waals surface area contributed by atoms with E-state index in [-0.39, 0.29) is 18.6 Å². The van der Waals surface area contributed by atoms with E-state index in [1.807, 2.05) is 37.3 Å². The van der Waals surface area contributed by atoms with E-state index in [1.165, 1.54) is 0 Å². The molecule has 0 radical (unpaired) electrons. The van der Waals surface area contributed by atoms with E-state index < -0.39 is 5.60 Å². The van der Waals surface area contributed by atoms with Crippen LogP contribution in [0.25, 0.3) is 0 Å². The van der Waals surface area contributed by atoms with Gasteiger partial charge in [-0.2, -0.15) is 0 Å². The summed E-state index contributed by atoms with van der Waals surface area (Å²) in [5.41, 5.74) is -0.321. The van der Waals surface area contributed by atoms with Gasteiger partial charge in [-0.25, -0.2) is 4.79 Å². The van der Waals surface area contributed by atoms with Gasteiger partial charge >= 0.3 is 6.03 Å². The molecule has 1 aromatic carbocycles. The number of hydrogen-bond donors (Lipinski definition) is 3. The zero-order chi connectivity index (χ0) is 13.6. The number of nitrogens with one attached hydrogen (secondary N) is 2. The minimum Gasteiger partial charge on any atom is -0.384 e. The van der Waals surface area contributed by atoms with Crippen LogP contribution in [0.3, 0.4) is 0 Å². The molecule has 0 aliphatic carbocycles. The van der Waals surface area contributed by atoms with Gasteiger partial charge in [-0.3, -0.25) is 0 Å². The lowest BCUT2D eigenvalue weighted by atomic mass is 9.96. The standard InChI is InChI=1S/C14H20N2O2/c1-4-11(2)16-13(17)15-10-14(3,18)12-8-6-5-7-9-12/h4-9,11,18H,1,10H2,2-3H3,(H2,15,16,17). The van der Waals surface area contributed by atoms with E-state index in [1.54, 1.807) is 13.0 Å². The van der Waals surface area contributed by atoms with Crippen LogP contribution in [-0.2, 0) is 5.60 Å². The molecule has 2 amide bonds. The lowest BCUT2D eigenvalue weighted by molar-refractivity contribution is 0.0593. The Balaban J connectivity index is 2.52. The minimum absolute atomic E-state index is 0.105. The van der Waals surface area contributed by atoms with Crippen molar-refractivity contribution in [2.75, 3.05) is 6.54 Å². The lowest BCUT2D eigenvalue weighted by Crippen LogP contribution is -2.45. The van der Waals surface area contributed by atoms with Gasteiger partial charge < -0.3 is 15.7 Å². The highest BCUT2D eigenvalue weighted by atomic mass is 16.3. The van der Waals surface area contributed by atoms with Crippen molar-refractivity contribution in [1.29, 1.82) is 0 Å². The highest BCUT2D eigenvalue weighted by Gasteiger charge is 2.23. The maximum absolute atomic E-state index is 11.5. The third-order valence-electron chi connectivity index (χ3n) is 2.70. The van der Waals surface area contributed by atoms with Gasteiger partial charge in [0.2, 0.25) is 0 Å². The molecular formula is C14H20N2O2. The van der Waals surface area contributed by atoms with Crippen molar-refractivity contribution in [2.24, 2.45) is 0 Å². The first-order valence-corrected chi connectivity index (χ1v) is 5.90. The van der Waals surface area contributed by atoms with Crippen molar-refractivity contribution in [2.45, 2.75) is 25.5 Å². The Morgan fingerprint density at radius 2 is 2.11 bits per heavy atom. The molecular weight excluding hydrogens is 228 g/mol. The molecule has 1 aromatic rings. The Morgan fingerprint density at radius 1 is 1.50 bits per heavy atom. The Bertz CT molecular complexity index is 402. The number of hydrogen-bond acceptors (Lipinski definition) is 2. The van der Waals surface area contributed by atoms with Gasteiger partial charge in [0.15, 0.2) is 0 Å². The zero-order valence-electron chi connectivity index (χ0n) is 10.8. The van der Waals surface area contributed by atoms with Crippen LogP contribution in [-0.4, -0.2) is 23.7 Å². The van der Waals surface area contributed by atoms with Crippen LogP contribution >= 0.6 is 0 Å². The smallest absolute Gasteiger partial charge is 0.315 e. The number of carbonyl (C=O) groups is 1. The maximum Gasteiger partial charge on any atom is 0.315 e. The second-order valence-corrected chi connectivity index (χ2v) is 4.49. The van der Waals surface area contributed by atoms with E-state index >= 15 is 0 Å². The quantitative estimate of drug-likeness (QED) is 0.695. The first-order valence-electron chi connectivity index (χ1n) is 5.90. The Labute approximate surface area is 108 Å². The summed E-state index contributed by atoms with van der Waals surface area (Å²) in [4.78, 5) is 11.5. The van der Waals surface area contributed by atoms with Crippen molar-refractivity contribution in [3.05, 3.63) is 48.6 Å². The van der Waals surface area contributed by atoms with Crippen LogP contribution in [0.15, 0.2) is 43.0 Å². The zero-order valence-corrected chi connectivity index (χ0v) is 10.8. The maximum atomic E-state index is 11.5. The predicted octanol–water partition coefficient (Wildman–Crippen LogP) is 1.77. The SMILES string of the molecule is C=CC(C)NC(=O)NCC(C)(O)c1ccccc1. The molecule has 0 saturated carbocycles. The molecule has 18 heavy (non-hydrogen) atoms. The Morgan fingerprint density at radius 3 is 2.67 bits per heavy atom. The summed E-state index contributed by atoms with van der Waals surface area (Å²) >= 11 is 0. The molecule has 2 unspecified atom stereocenters. The van der Waals surface area contributed by atoms with Crippen molar-refractivity contribution in [3.8, 4) is 0 Å². The van der Waals surface area contributed by atoms with E-state index in [4.69, 9.17) is 0 Å². The van der Waals surface area contributed by atoms with Crippen LogP contribution in [0.4, 0.5) is 4.79 Å². The second-order valence-electron chi connectivity index (χ2n) is 4.49. The molecule has 4 heteroatoms. The van der Waals surface area contributed by atoms with Gasteiger partial charge in [-0.1, -0.05) is 36.4 Å². The average Bonchev–Trinajstić information content (AvgIpc) is 2.37. The van der Waals surface area contributed by atoms with Crippen LogP contribution in [0.1, 0.15) is 19.4 Å². The molecule has 0 saturated heterocycles. The number of urea groups is 1. The predicted molar refractivity (Wildman–Crippen MR) is 72.2 cm³/mol. The van der Waals surface area contributed by atoms with Crippen LogP contribution < -0.4 is 10.6 Å². The molecule has 0 aliphatic rings. The van der Waals surface area contributed by atoms with Gasteiger partial charge in [-0.05, 0) is 19.4 Å². The van der Waals surface area contributed by atoms with Gasteiger partial charge in [0.1, 0.15) is 5.60 Å². The summed E-state index contributed by atoms with van der Waals surface area (Å²) in [6, 6.07) is 8.81. The number of benzene rings is 1. The molecule has 98 valence electrons. The molecule has 0 aromatic heterocycles. The summed E-state index contributed by atoms with van der Waals surface area (Å²) in [5.74, 6) is 0. The van der Waals surface area contributed by atoms with Crippen molar-refractivity contribution in [1.82, 2.24) is 10.6 Å². The summed E-state index contributed by atoms with van der Waals surface area (Å²) in [6.45, 7) is 7.21. The highest BCUT2D eigenvalue weighted by molar-refractivity contribution is 5.74. The molecule has 0 bridgehead atoms. The minimum atomic E-state index is -1.09. The molecule has 1 rings (SSSR count). The first kappa shape index (κ1) is 14.3. The topological polar surface area (TPSA) is 61.4 Å². The van der Waals surface area contributed by atoms with Crippen LogP contribution in [0, 0.1) is 0 Å². The van der Waals surface area contributed by atoms with Crippen molar-refractivity contribution < 1.29 is 9.90 Å². The van der Waals surface area contributed by atoms with E-state index in [0.29, 0.717) is 0 Å². The fourth-order valence-corrected chi connectivity index (χ4v) is 1.47. The molecule has 0 heterocycles. The first-order chi connectivity index (χ1) is 8.45. The van der Waals surface area contributed by atoms with Gasteiger partial charge in [0, 0.05) is 6.04 Å². The Hall–Kier alpha value is -1.81. The fraction of sp³-hybridized carbons (Fsp3) is 0.357. The summed E-state index contributed by atoms with van der Waals surface area (Å²) < 4.78 is 0. The number of carbonyl (C=O) groups excluding carboxylic acids is 1. The molecule has 3 N–H and O–H groups in total. The van der Waals surface area contributed by atoms with E-state index in [0.717, 1.165) is 5.56 Å². The van der Waals surface area contributed by atoms with Crippen molar-refractivity contribution >= 4 is 6.03 Å². The highest BCUT2D eigenvalue weighted by Crippen LogP contribution is 2.18. The lowest BCUT2D eigenvalue weighted by Gasteiger charge is -2.24. The number of rotatable bonds is 5. The monoisotopic (exact) mass is 248 g/mol. The summed E-state index contributed by atoms with van der Waals surface area (Å²) in [5, 5.41) is 15.6. The molecule has 0 spiro atoms. The van der Waals surface area contributed by atoms with Gasteiger partial charge in [0.05, 0.1) is 6.54 Å². The number of amides is 2. The summed E-state index contributed by atoms with van der Waals surface area (Å²) in [7, 11) is 0. The fourth-order valence-electron chi connectivity index (χ4n) is 1.47. The van der Waals surface area contributed by atoms with Crippen LogP contribution in [0.2, 0.25) is 0 Å². The average molecular weight is 248 g/mol. The van der Waals surface area contributed by atoms with Crippen LogP contribution in [0.5, 0.6) is 0 Å². The third-order valence-corrected chi connectivity index (χ3v) is 2.70. The van der Waals surface area contributed by atoms with E-state index in [9.17, 15) is 9.90 Å². The largest absolute Gasteiger partial charge is 0.384 e. The van der Waals surface area contributed by atoms with E-state index in [2.05, 4.69) is 17.2 Å². The second kappa shape index (κ2) is 6.21. The third kappa shape index (κ3) is 4.22. The van der Waals surface area contributed by atoms with Crippen molar-refractivity contribution in [3.63, 3.8) is 0 Å².